The number of rotatable bonds is 28. The number of unbranched alkanes of at least 4 members (excludes halogenated alkanes) is 3. The fourth-order valence-corrected chi connectivity index (χ4v) is 5.76. The molecule has 62 heavy (non-hydrogen) atoms. The van der Waals surface area contributed by atoms with Crippen molar-refractivity contribution in [2.45, 2.75) is 78.3 Å². The molecule has 16 nitrogen and oxygen atoms in total. The van der Waals surface area contributed by atoms with E-state index in [4.69, 9.17) is 34.8 Å². The van der Waals surface area contributed by atoms with E-state index in [1.54, 1.807) is 0 Å². The molecule has 5 N–H and O–H groups in total. The fourth-order valence-electron chi connectivity index (χ4n) is 5.76. The predicted molar refractivity (Wildman–Crippen MR) is 245 cm³/mol. The number of nitrogens with one attached hydrogen (secondary N) is 2. The van der Waals surface area contributed by atoms with E-state index in [-0.39, 0.29) is 18.3 Å². The van der Waals surface area contributed by atoms with Crippen LogP contribution in [0.1, 0.15) is 75.0 Å². The van der Waals surface area contributed by atoms with Crippen LogP contribution in [0, 0.1) is 6.92 Å². The largest absolute Gasteiger partial charge is 0.483 e. The molecule has 0 atom stereocenters. The fraction of sp³-hybridized carbons (Fsp3) is 0.500. The number of carboxylic acid groups (broad SMARTS) is 1. The number of amidine groups is 1. The van der Waals surface area contributed by atoms with Crippen LogP contribution in [-0.4, -0.2) is 126 Å². The lowest BCUT2D eigenvalue weighted by atomic mass is 10.1. The number of fused-ring (bicyclic) bond motifs is 1. The molecule has 16 heteroatoms. The summed E-state index contributed by atoms with van der Waals surface area (Å²) in [5.74, 6) is 1.51. The van der Waals surface area contributed by atoms with Crippen LogP contribution in [0.4, 0.5) is 11.5 Å². The van der Waals surface area contributed by atoms with Crippen LogP contribution in [0.25, 0.3) is 10.9 Å². The third-order valence-electron chi connectivity index (χ3n) is 8.98. The summed E-state index contributed by atoms with van der Waals surface area (Å²) in [7, 11) is 5.75. The Morgan fingerprint density at radius 2 is 1.40 bits per heavy atom. The van der Waals surface area contributed by atoms with Gasteiger partial charge in [-0.3, -0.25) is 29.0 Å². The van der Waals surface area contributed by atoms with Gasteiger partial charge < -0.3 is 45.5 Å². The van der Waals surface area contributed by atoms with Gasteiger partial charge in [0.15, 0.2) is 0 Å². The van der Waals surface area contributed by atoms with E-state index < -0.39 is 0 Å². The molecule has 3 aromatic rings. The number of pyridine rings is 1. The Kier molecular flexibility index (Phi) is 30.8. The van der Waals surface area contributed by atoms with Gasteiger partial charge in [-0.15, -0.1) is 0 Å². The number of allylic oxidation sites excluding steroid dienone is 2. The molecule has 0 fully saturated rings. The first-order valence-corrected chi connectivity index (χ1v) is 21.1. The summed E-state index contributed by atoms with van der Waals surface area (Å²) in [4.78, 5) is 64.7. The summed E-state index contributed by atoms with van der Waals surface area (Å²) in [6, 6.07) is 16.6. The number of nitrogens with zero attached hydrogens (tertiary/aromatic N) is 4. The molecule has 1 heterocycles. The number of hydrogen-bond acceptors (Lipinski definition) is 12. The third-order valence-corrected chi connectivity index (χ3v) is 8.98. The van der Waals surface area contributed by atoms with Gasteiger partial charge in [-0.05, 0) is 81.6 Å². The van der Waals surface area contributed by atoms with Crippen molar-refractivity contribution in [1.29, 1.82) is 0 Å². The van der Waals surface area contributed by atoms with E-state index in [9.17, 15) is 19.2 Å². The molecule has 0 saturated carbocycles. The molecule has 2 aromatic carbocycles. The average Bonchev–Trinajstić information content (AvgIpc) is 3.25. The second kappa shape index (κ2) is 35.1. The summed E-state index contributed by atoms with van der Waals surface area (Å²) in [6.07, 6.45) is 10.0. The van der Waals surface area contributed by atoms with E-state index in [1.807, 2.05) is 32.1 Å². The predicted octanol–water partition coefficient (Wildman–Crippen LogP) is 5.29. The van der Waals surface area contributed by atoms with Crippen molar-refractivity contribution in [1.82, 2.24) is 20.5 Å². The summed E-state index contributed by atoms with van der Waals surface area (Å²) in [5, 5.41) is 13.8. The van der Waals surface area contributed by atoms with Crippen LogP contribution in [-0.2, 0) is 51.3 Å². The molecule has 0 saturated heterocycles. The van der Waals surface area contributed by atoms with Gasteiger partial charge in [0.2, 0.25) is 11.8 Å². The number of anilines is 2. The van der Waals surface area contributed by atoms with E-state index in [1.165, 1.54) is 0 Å². The van der Waals surface area contributed by atoms with E-state index in [0.717, 1.165) is 96.3 Å². The van der Waals surface area contributed by atoms with Crippen molar-refractivity contribution in [3.63, 3.8) is 0 Å². The topological polar surface area (TPSA) is 215 Å². The highest BCUT2D eigenvalue weighted by atomic mass is 16.5. The number of amides is 2. The number of nitrogens with two attached hydrogens (primary N) is 1. The number of aromatic nitrogens is 1. The normalized spacial score (nSPS) is 11.0. The summed E-state index contributed by atoms with van der Waals surface area (Å²) in [5.41, 5.74) is 11.5. The number of benzene rings is 2. The highest BCUT2D eigenvalue weighted by molar-refractivity contribution is 6.05. The van der Waals surface area contributed by atoms with Gasteiger partial charge >= 0.3 is 0 Å². The molecule has 0 radical (unpaired) electrons. The Morgan fingerprint density at radius 3 is 2.02 bits per heavy atom. The lowest BCUT2D eigenvalue weighted by Crippen LogP contribution is -2.31. The zero-order valence-corrected chi connectivity index (χ0v) is 37.3. The second-order valence-electron chi connectivity index (χ2n) is 14.3. The first-order valence-electron chi connectivity index (χ1n) is 21.1. The van der Waals surface area contributed by atoms with Crippen LogP contribution in [0.15, 0.2) is 65.7 Å². The summed E-state index contributed by atoms with van der Waals surface area (Å²) in [6.45, 7) is 9.58. The average molecular weight is 864 g/mol. The van der Waals surface area contributed by atoms with Gasteiger partial charge in [0.25, 0.3) is 6.47 Å². The molecular formula is C46H69N7O9. The van der Waals surface area contributed by atoms with Gasteiger partial charge in [-0.25, -0.2) is 4.98 Å². The Balaban J connectivity index is 0.00000193. The van der Waals surface area contributed by atoms with Gasteiger partial charge in [0.1, 0.15) is 24.2 Å². The number of nitrogen functional groups attached to an aromatic ring is 1. The zero-order valence-electron chi connectivity index (χ0n) is 37.3. The summed E-state index contributed by atoms with van der Waals surface area (Å²) >= 11 is 0. The highest BCUT2D eigenvalue weighted by Crippen LogP contribution is 2.31. The maximum atomic E-state index is 12.5. The van der Waals surface area contributed by atoms with E-state index >= 15 is 0 Å². The minimum absolute atomic E-state index is 0.0281. The van der Waals surface area contributed by atoms with Gasteiger partial charge in [-0.2, -0.15) is 0 Å². The molecule has 0 spiro atoms. The van der Waals surface area contributed by atoms with Crippen molar-refractivity contribution in [3.8, 4) is 0 Å². The van der Waals surface area contributed by atoms with E-state index in [2.05, 4.69) is 76.8 Å². The maximum Gasteiger partial charge on any atom is 0.290 e. The Labute approximate surface area is 367 Å². The van der Waals surface area contributed by atoms with Crippen LogP contribution in [0.5, 0.6) is 0 Å². The Hall–Kier alpha value is -5.55. The van der Waals surface area contributed by atoms with Crippen LogP contribution >= 0.6 is 0 Å². The first kappa shape index (κ1) is 54.5. The quantitative estimate of drug-likeness (QED) is 0.0241. The lowest BCUT2D eigenvalue weighted by Gasteiger charge is -2.28. The number of carbonyl (C=O) groups is 5. The van der Waals surface area contributed by atoms with Crippen LogP contribution in [0.2, 0.25) is 0 Å². The zero-order chi connectivity index (χ0) is 45.8. The number of hydrogen-bond donors (Lipinski definition) is 4. The minimum Gasteiger partial charge on any atom is -0.483 e. The first-order chi connectivity index (χ1) is 30.0. The molecule has 1 aromatic heterocycles. The number of aliphatic imine (C=N–C) groups is 1. The lowest BCUT2D eigenvalue weighted by molar-refractivity contribution is -0.123. The number of aryl methyl sites for hydroxylation is 1. The summed E-state index contributed by atoms with van der Waals surface area (Å²) < 4.78 is 16.8. The second-order valence-corrected chi connectivity index (χ2v) is 14.3. The number of carbonyl (C=O) groups excluding carboxylic acids is 4. The van der Waals surface area contributed by atoms with Crippen molar-refractivity contribution >= 4 is 59.1 Å². The van der Waals surface area contributed by atoms with Crippen molar-refractivity contribution < 1.29 is 43.3 Å². The minimum atomic E-state index is -0.250. The van der Waals surface area contributed by atoms with E-state index in [0.29, 0.717) is 90.5 Å². The van der Waals surface area contributed by atoms with Crippen molar-refractivity contribution in [2.75, 3.05) is 84.5 Å². The number of aldehydes is 2. The maximum absolute atomic E-state index is 12.5. The van der Waals surface area contributed by atoms with Crippen LogP contribution < -0.4 is 21.3 Å². The van der Waals surface area contributed by atoms with Gasteiger partial charge in [0.05, 0.1) is 37.6 Å². The Morgan fingerprint density at radius 1 is 0.790 bits per heavy atom. The smallest absolute Gasteiger partial charge is 0.290 e. The van der Waals surface area contributed by atoms with Gasteiger partial charge in [0, 0.05) is 77.2 Å². The highest BCUT2D eigenvalue weighted by Gasteiger charge is 2.18. The number of ether oxygens (including phenoxy) is 3. The van der Waals surface area contributed by atoms with Crippen molar-refractivity contribution in [3.05, 3.63) is 77.4 Å². The SMILES string of the molecule is CCCCC(=NC)N(Cc1ccc(CNC(=O)CCOCCCCCOCCOCCNC(=O)CCN(C)C)cc1)c1cc(N)nc2cc(C)ccc12.O=C/C=C\C=O.O=CO. The molecule has 3 rings (SSSR count). The van der Waals surface area contributed by atoms with Crippen molar-refractivity contribution in [2.24, 2.45) is 4.99 Å². The third kappa shape index (κ3) is 25.3. The van der Waals surface area contributed by atoms with Crippen LogP contribution in [0.3, 0.4) is 0 Å². The molecule has 0 bridgehead atoms. The molecule has 342 valence electrons. The molecule has 2 amide bonds. The molecule has 0 aliphatic rings. The standard InChI is InChI=1S/C41H63N7O5.C4H4O2.CH2O2/c1-6-7-11-39(43-3)48(37-29-38(42)46-36-28-32(2)12-17-35(36)37)31-34-15-13-33(14-16-34)30-45-41(50)19-24-51-22-9-8-10-23-52-26-27-53-25-20-44-40(49)18-21-47(4)5;5-3-1-2-4-6;2-1-3/h12-17,28-29H,6-11,18-27,30-31H2,1-5H3,(H2,42,46)(H,44,49)(H,45,50);1-4H;1H,(H,2,3)/b;2-1-;. The molecule has 0 aliphatic heterocycles. The van der Waals surface area contributed by atoms with Gasteiger partial charge in [-0.1, -0.05) is 49.7 Å². The molecule has 0 aliphatic carbocycles. The monoisotopic (exact) mass is 864 g/mol. The molecular weight excluding hydrogens is 795 g/mol. The molecule has 0 unspecified atom stereocenters. The Bertz CT molecular complexity index is 1770.